The number of hydrogen-bond donors (Lipinski definition) is 1. The van der Waals surface area contributed by atoms with E-state index in [4.69, 9.17) is 9.47 Å². The number of benzene rings is 1. The molecule has 2 atom stereocenters. The van der Waals surface area contributed by atoms with Crippen molar-refractivity contribution in [1.82, 2.24) is 0 Å². The molecule has 2 unspecified atom stereocenters. The largest absolute Gasteiger partial charge is 0.389 e. The van der Waals surface area contributed by atoms with Crippen LogP contribution in [-0.4, -0.2) is 50.7 Å². The van der Waals surface area contributed by atoms with Crippen LogP contribution in [0.25, 0.3) is 0 Å². The van der Waals surface area contributed by atoms with Crippen LogP contribution in [0.15, 0.2) is 24.3 Å². The second-order valence-electron chi connectivity index (χ2n) is 5.43. The van der Waals surface area contributed by atoms with Crippen LogP contribution in [0.5, 0.6) is 0 Å². The van der Waals surface area contributed by atoms with Crippen LogP contribution in [0.1, 0.15) is 18.9 Å². The molecule has 0 spiro atoms. The highest BCUT2D eigenvalue weighted by Crippen LogP contribution is 2.26. The van der Waals surface area contributed by atoms with Gasteiger partial charge in [-0.2, -0.15) is 0 Å². The van der Waals surface area contributed by atoms with Crippen molar-refractivity contribution in [3.05, 3.63) is 29.8 Å². The minimum absolute atomic E-state index is 0.0169. The zero-order valence-corrected chi connectivity index (χ0v) is 12.4. The van der Waals surface area contributed by atoms with Crippen molar-refractivity contribution in [3.63, 3.8) is 0 Å². The Bertz CT molecular complexity index is 410. The first-order valence-corrected chi connectivity index (χ1v) is 7.32. The number of anilines is 1. The summed E-state index contributed by atoms with van der Waals surface area (Å²) in [7, 11) is 1.65. The zero-order chi connectivity index (χ0) is 14.4. The van der Waals surface area contributed by atoms with Crippen molar-refractivity contribution < 1.29 is 14.6 Å². The summed E-state index contributed by atoms with van der Waals surface area (Å²) in [6.45, 7) is 4.48. The molecule has 0 amide bonds. The molecule has 0 aliphatic carbocycles. The lowest BCUT2D eigenvalue weighted by Crippen LogP contribution is -2.38. The third-order valence-electron chi connectivity index (χ3n) is 3.61. The van der Waals surface area contributed by atoms with E-state index in [-0.39, 0.29) is 6.10 Å². The van der Waals surface area contributed by atoms with Crippen molar-refractivity contribution >= 4 is 5.69 Å². The maximum absolute atomic E-state index is 10.1. The fourth-order valence-corrected chi connectivity index (χ4v) is 2.67. The van der Waals surface area contributed by atoms with Gasteiger partial charge in [-0.1, -0.05) is 18.2 Å². The minimum Gasteiger partial charge on any atom is -0.389 e. The molecule has 2 rings (SSSR count). The second-order valence-corrected chi connectivity index (χ2v) is 5.43. The molecule has 4 nitrogen and oxygen atoms in total. The average Bonchev–Trinajstić information content (AvgIpc) is 2.46. The lowest BCUT2D eigenvalue weighted by Gasteiger charge is -2.33. The second kappa shape index (κ2) is 7.62. The van der Waals surface area contributed by atoms with Crippen LogP contribution < -0.4 is 4.90 Å². The number of methoxy groups -OCH3 is 1. The van der Waals surface area contributed by atoms with Crippen LogP contribution in [-0.2, 0) is 15.9 Å². The molecule has 1 N–H and O–H groups in total. The lowest BCUT2D eigenvalue weighted by molar-refractivity contribution is -0.0296. The van der Waals surface area contributed by atoms with Crippen LogP contribution in [0, 0.1) is 0 Å². The molecule has 4 heteroatoms. The molecule has 0 aromatic heterocycles. The maximum atomic E-state index is 10.1. The van der Waals surface area contributed by atoms with Gasteiger partial charge in [0.05, 0.1) is 25.4 Å². The number of hydrogen-bond acceptors (Lipinski definition) is 4. The van der Waals surface area contributed by atoms with Crippen molar-refractivity contribution in [2.45, 2.75) is 32.0 Å². The molecule has 0 saturated heterocycles. The number of nitrogens with zero attached hydrogens (tertiary/aromatic N) is 1. The van der Waals surface area contributed by atoms with Gasteiger partial charge in [0, 0.05) is 25.9 Å². The van der Waals surface area contributed by atoms with E-state index < -0.39 is 6.10 Å². The Morgan fingerprint density at radius 3 is 2.90 bits per heavy atom. The first-order valence-electron chi connectivity index (χ1n) is 7.32. The van der Waals surface area contributed by atoms with Crippen LogP contribution >= 0.6 is 0 Å². The highest BCUT2D eigenvalue weighted by Gasteiger charge is 2.19. The topological polar surface area (TPSA) is 41.9 Å². The summed E-state index contributed by atoms with van der Waals surface area (Å²) >= 11 is 0. The molecule has 0 fully saturated rings. The van der Waals surface area contributed by atoms with E-state index in [1.165, 1.54) is 11.3 Å². The van der Waals surface area contributed by atoms with Gasteiger partial charge in [-0.05, 0) is 31.4 Å². The summed E-state index contributed by atoms with van der Waals surface area (Å²) < 4.78 is 10.6. The molecule has 0 bridgehead atoms. The zero-order valence-electron chi connectivity index (χ0n) is 12.4. The van der Waals surface area contributed by atoms with E-state index in [2.05, 4.69) is 29.2 Å². The summed E-state index contributed by atoms with van der Waals surface area (Å²) in [5.41, 5.74) is 2.63. The van der Waals surface area contributed by atoms with Crippen LogP contribution in [0.3, 0.4) is 0 Å². The van der Waals surface area contributed by atoms with Crippen molar-refractivity contribution in [2.24, 2.45) is 0 Å². The summed E-state index contributed by atoms with van der Waals surface area (Å²) in [6.07, 6.45) is 1.82. The van der Waals surface area contributed by atoms with Gasteiger partial charge < -0.3 is 19.5 Å². The summed E-state index contributed by atoms with van der Waals surface area (Å²) in [5.74, 6) is 0. The molecule has 1 aliphatic rings. The van der Waals surface area contributed by atoms with E-state index in [1.807, 2.05) is 6.92 Å². The van der Waals surface area contributed by atoms with Gasteiger partial charge >= 0.3 is 0 Å². The van der Waals surface area contributed by atoms with Crippen LogP contribution in [0.2, 0.25) is 0 Å². The van der Waals surface area contributed by atoms with Gasteiger partial charge in [0.1, 0.15) is 0 Å². The standard InChI is InChI=1S/C16H25NO3/c1-13(11-19-2)20-12-15(18)10-17-9-5-7-14-6-3-4-8-16(14)17/h3-4,6,8,13,15,18H,5,7,9-12H2,1-2H3. The minimum atomic E-state index is -0.472. The third-order valence-corrected chi connectivity index (χ3v) is 3.61. The number of aliphatic hydroxyl groups excluding tert-OH is 1. The smallest absolute Gasteiger partial charge is 0.0948 e. The number of aliphatic hydroxyl groups is 1. The van der Waals surface area contributed by atoms with Gasteiger partial charge in [0.2, 0.25) is 0 Å². The summed E-state index contributed by atoms with van der Waals surface area (Å²) in [6, 6.07) is 8.44. The summed E-state index contributed by atoms with van der Waals surface area (Å²) in [5, 5.41) is 10.1. The molecule has 1 heterocycles. The first-order chi connectivity index (χ1) is 9.70. The molecular weight excluding hydrogens is 254 g/mol. The normalized spacial score (nSPS) is 17.6. The molecule has 1 aromatic rings. The number of β-amino-alcohol motifs (C(OH)–C–C–N with tert-alkyl or cyclic N) is 1. The number of fused-ring (bicyclic) bond motifs is 1. The number of rotatable bonds is 7. The molecule has 1 aromatic carbocycles. The monoisotopic (exact) mass is 279 g/mol. The molecular formula is C16H25NO3. The number of ether oxygens (including phenoxy) is 2. The predicted octanol–water partition coefficient (Wildman–Crippen LogP) is 1.85. The lowest BCUT2D eigenvalue weighted by atomic mass is 10.0. The van der Waals surface area contributed by atoms with Crippen molar-refractivity contribution in [1.29, 1.82) is 0 Å². The fourth-order valence-electron chi connectivity index (χ4n) is 2.67. The Balaban J connectivity index is 1.84. The maximum Gasteiger partial charge on any atom is 0.0948 e. The van der Waals surface area contributed by atoms with E-state index in [0.29, 0.717) is 19.8 Å². The molecule has 0 radical (unpaired) electrons. The average molecular weight is 279 g/mol. The Morgan fingerprint density at radius 2 is 2.10 bits per heavy atom. The van der Waals surface area contributed by atoms with E-state index >= 15 is 0 Å². The SMILES string of the molecule is COCC(C)OCC(O)CN1CCCc2ccccc21. The first kappa shape index (κ1) is 15.3. The Hall–Kier alpha value is -1.10. The summed E-state index contributed by atoms with van der Waals surface area (Å²) in [4.78, 5) is 2.26. The quantitative estimate of drug-likeness (QED) is 0.827. The number of aryl methyl sites for hydroxylation is 1. The third kappa shape index (κ3) is 4.20. The van der Waals surface area contributed by atoms with E-state index in [9.17, 15) is 5.11 Å². The molecule has 1 aliphatic heterocycles. The molecule has 0 saturated carbocycles. The van der Waals surface area contributed by atoms with E-state index in [0.717, 1.165) is 19.4 Å². The molecule has 112 valence electrons. The van der Waals surface area contributed by atoms with Gasteiger partial charge in [-0.3, -0.25) is 0 Å². The Morgan fingerprint density at radius 1 is 1.30 bits per heavy atom. The van der Waals surface area contributed by atoms with Crippen molar-refractivity contribution in [2.75, 3.05) is 38.3 Å². The Kier molecular flexibility index (Phi) is 5.83. The van der Waals surface area contributed by atoms with Gasteiger partial charge in [-0.15, -0.1) is 0 Å². The Labute approximate surface area is 121 Å². The fraction of sp³-hybridized carbons (Fsp3) is 0.625. The molecule has 20 heavy (non-hydrogen) atoms. The highest BCUT2D eigenvalue weighted by atomic mass is 16.5. The van der Waals surface area contributed by atoms with E-state index in [1.54, 1.807) is 7.11 Å². The van der Waals surface area contributed by atoms with Crippen LogP contribution in [0.4, 0.5) is 5.69 Å². The highest BCUT2D eigenvalue weighted by molar-refractivity contribution is 5.55. The predicted molar refractivity (Wildman–Crippen MR) is 80.3 cm³/mol. The number of para-hydroxylation sites is 1. The van der Waals surface area contributed by atoms with Gasteiger partial charge in [0.25, 0.3) is 0 Å². The van der Waals surface area contributed by atoms with Gasteiger partial charge in [0.15, 0.2) is 0 Å². The van der Waals surface area contributed by atoms with Crippen molar-refractivity contribution in [3.8, 4) is 0 Å². The van der Waals surface area contributed by atoms with Gasteiger partial charge in [-0.25, -0.2) is 0 Å².